The number of halogens is 3. The molecule has 1 aliphatic carbocycles. The van der Waals surface area contributed by atoms with Crippen LogP contribution in [0.4, 0.5) is 13.2 Å². The number of aryl methyl sites for hydroxylation is 1. The highest BCUT2D eigenvalue weighted by Crippen LogP contribution is 2.46. The van der Waals surface area contributed by atoms with Crippen molar-refractivity contribution in [1.29, 1.82) is 0 Å². The normalized spacial score (nSPS) is 17.3. The van der Waals surface area contributed by atoms with E-state index in [1.807, 2.05) is 45.9 Å². The summed E-state index contributed by atoms with van der Waals surface area (Å²) in [5, 5.41) is 10.6. The Morgan fingerprint density at radius 1 is 1.14 bits per heavy atom. The smallest absolute Gasteiger partial charge is 0.416 e. The monoisotopic (exact) mass is 487 g/mol. The molecule has 0 spiro atoms. The van der Waals surface area contributed by atoms with Crippen molar-refractivity contribution >= 4 is 16.9 Å². The second-order valence-corrected chi connectivity index (χ2v) is 10.3. The molecule has 3 aromatic rings. The van der Waals surface area contributed by atoms with Crippen LogP contribution in [-0.4, -0.2) is 21.2 Å². The summed E-state index contributed by atoms with van der Waals surface area (Å²) in [6, 6.07) is 11.0. The van der Waals surface area contributed by atoms with Gasteiger partial charge >= 0.3 is 12.1 Å². The van der Waals surface area contributed by atoms with Crippen molar-refractivity contribution in [3.8, 4) is 5.75 Å². The van der Waals surface area contributed by atoms with Gasteiger partial charge in [-0.15, -0.1) is 0 Å². The van der Waals surface area contributed by atoms with Crippen LogP contribution in [0, 0.1) is 0 Å². The van der Waals surface area contributed by atoms with Gasteiger partial charge in [0.25, 0.3) is 0 Å². The molecule has 4 rings (SSSR count). The molecule has 0 saturated carbocycles. The van der Waals surface area contributed by atoms with Gasteiger partial charge in [-0.3, -0.25) is 4.79 Å². The van der Waals surface area contributed by atoms with Gasteiger partial charge in [-0.2, -0.15) is 13.2 Å². The first kappa shape index (κ1) is 25.1. The van der Waals surface area contributed by atoms with E-state index in [0.717, 1.165) is 64.9 Å². The Hall–Kier alpha value is -2.96. The summed E-state index contributed by atoms with van der Waals surface area (Å²) in [6.07, 6.45) is -1.29. The Morgan fingerprint density at radius 2 is 1.83 bits per heavy atom. The highest BCUT2D eigenvalue weighted by molar-refractivity contribution is 5.92. The number of nitrogens with zero attached hydrogens (tertiary/aromatic N) is 1. The van der Waals surface area contributed by atoms with E-state index in [0.29, 0.717) is 6.42 Å². The van der Waals surface area contributed by atoms with Gasteiger partial charge in [-0.25, -0.2) is 0 Å². The Morgan fingerprint density at radius 3 is 2.40 bits per heavy atom. The van der Waals surface area contributed by atoms with Gasteiger partial charge in [-0.1, -0.05) is 25.1 Å². The number of ether oxygens (including phenoxy) is 1. The molecule has 35 heavy (non-hydrogen) atoms. The molecule has 0 aliphatic heterocycles. The summed E-state index contributed by atoms with van der Waals surface area (Å²) in [7, 11) is 0. The number of aromatic nitrogens is 1. The van der Waals surface area contributed by atoms with Crippen molar-refractivity contribution in [3.05, 3.63) is 64.8 Å². The SMILES string of the molecule is CCC(c1ccc(C(F)(F)F)cc1)n1c2c(c3c(OC(C)(C)C)cccc31)CCCC2CC(=O)O. The maximum absolute atomic E-state index is 13.2. The lowest BCUT2D eigenvalue weighted by atomic mass is 9.84. The number of fused-ring (bicyclic) bond motifs is 3. The van der Waals surface area contributed by atoms with Crippen molar-refractivity contribution in [2.24, 2.45) is 0 Å². The highest BCUT2D eigenvalue weighted by atomic mass is 19.4. The van der Waals surface area contributed by atoms with E-state index in [1.165, 1.54) is 0 Å². The van der Waals surface area contributed by atoms with E-state index in [4.69, 9.17) is 4.74 Å². The Balaban J connectivity index is 1.96. The van der Waals surface area contributed by atoms with Crippen molar-refractivity contribution in [2.75, 3.05) is 0 Å². The van der Waals surface area contributed by atoms with Gasteiger partial charge in [0.05, 0.1) is 23.5 Å². The second kappa shape index (κ2) is 9.25. The first-order chi connectivity index (χ1) is 16.4. The summed E-state index contributed by atoms with van der Waals surface area (Å²) < 4.78 is 48.1. The number of carboxylic acid groups (broad SMARTS) is 1. The summed E-state index contributed by atoms with van der Waals surface area (Å²) in [4.78, 5) is 11.8. The molecule has 1 N–H and O–H groups in total. The van der Waals surface area contributed by atoms with E-state index in [-0.39, 0.29) is 18.4 Å². The molecule has 1 heterocycles. The number of benzene rings is 2. The van der Waals surface area contributed by atoms with Crippen molar-refractivity contribution < 1.29 is 27.8 Å². The first-order valence-corrected chi connectivity index (χ1v) is 12.1. The molecule has 0 radical (unpaired) electrons. The van der Waals surface area contributed by atoms with Crippen LogP contribution in [0.1, 0.15) is 87.7 Å². The fourth-order valence-corrected chi connectivity index (χ4v) is 5.41. The van der Waals surface area contributed by atoms with Crippen LogP contribution in [0.15, 0.2) is 42.5 Å². The first-order valence-electron chi connectivity index (χ1n) is 12.1. The summed E-state index contributed by atoms with van der Waals surface area (Å²) in [5.74, 6) is -0.272. The molecule has 0 amide bonds. The standard InChI is InChI=1S/C28H32F3NO3/c1-5-21(17-12-14-19(15-13-17)28(29,30)31)32-22-10-7-11-23(35-27(2,3)4)25(22)20-9-6-8-18(26(20)32)16-24(33)34/h7,10-15,18,21H,5-6,8-9,16H2,1-4H3,(H,33,34). The number of aliphatic carboxylic acids is 1. The quantitative estimate of drug-likeness (QED) is 0.387. The average molecular weight is 488 g/mol. The van der Waals surface area contributed by atoms with Crippen molar-refractivity contribution in [1.82, 2.24) is 4.57 Å². The molecule has 1 aliphatic rings. The van der Waals surface area contributed by atoms with Crippen LogP contribution in [-0.2, 0) is 17.4 Å². The fourth-order valence-electron chi connectivity index (χ4n) is 5.41. The molecular weight excluding hydrogens is 455 g/mol. The Kier molecular flexibility index (Phi) is 6.64. The van der Waals surface area contributed by atoms with Gasteiger partial charge < -0.3 is 14.4 Å². The lowest BCUT2D eigenvalue weighted by Crippen LogP contribution is -2.23. The van der Waals surface area contributed by atoms with E-state index in [1.54, 1.807) is 12.1 Å². The van der Waals surface area contributed by atoms with Crippen LogP contribution in [0.2, 0.25) is 0 Å². The van der Waals surface area contributed by atoms with Gasteiger partial charge in [0.1, 0.15) is 11.4 Å². The molecule has 1 aromatic heterocycles. The van der Waals surface area contributed by atoms with Crippen LogP contribution >= 0.6 is 0 Å². The van der Waals surface area contributed by atoms with E-state index in [9.17, 15) is 23.1 Å². The van der Waals surface area contributed by atoms with Crippen molar-refractivity contribution in [2.45, 2.75) is 83.5 Å². The number of hydrogen-bond acceptors (Lipinski definition) is 2. The van der Waals surface area contributed by atoms with Crippen LogP contribution in [0.5, 0.6) is 5.75 Å². The third-order valence-electron chi connectivity index (χ3n) is 6.66. The summed E-state index contributed by atoms with van der Waals surface area (Å²) >= 11 is 0. The lowest BCUT2D eigenvalue weighted by molar-refractivity contribution is -0.138. The average Bonchev–Trinajstić information content (AvgIpc) is 3.09. The van der Waals surface area contributed by atoms with Gasteiger partial charge in [0.15, 0.2) is 0 Å². The molecule has 0 saturated heterocycles. The Bertz CT molecular complexity index is 1220. The molecule has 0 fully saturated rings. The predicted octanol–water partition coefficient (Wildman–Crippen LogP) is 7.73. The molecule has 188 valence electrons. The topological polar surface area (TPSA) is 51.5 Å². The molecule has 2 atom stereocenters. The zero-order valence-electron chi connectivity index (χ0n) is 20.6. The van der Waals surface area contributed by atoms with E-state index < -0.39 is 23.3 Å². The maximum atomic E-state index is 13.2. The zero-order chi connectivity index (χ0) is 25.5. The number of hydrogen-bond donors (Lipinski definition) is 1. The zero-order valence-corrected chi connectivity index (χ0v) is 20.6. The predicted molar refractivity (Wildman–Crippen MR) is 130 cm³/mol. The molecular formula is C28H32F3NO3. The minimum Gasteiger partial charge on any atom is -0.487 e. The minimum absolute atomic E-state index is 0.0161. The number of alkyl halides is 3. The van der Waals surface area contributed by atoms with E-state index in [2.05, 4.69) is 4.57 Å². The molecule has 4 nitrogen and oxygen atoms in total. The molecule has 7 heteroatoms. The van der Waals surface area contributed by atoms with Crippen LogP contribution < -0.4 is 4.74 Å². The lowest BCUT2D eigenvalue weighted by Gasteiger charge is -2.29. The molecule has 2 unspecified atom stereocenters. The van der Waals surface area contributed by atoms with Crippen LogP contribution in [0.25, 0.3) is 10.9 Å². The third kappa shape index (κ3) is 5.04. The van der Waals surface area contributed by atoms with Crippen LogP contribution in [0.3, 0.4) is 0 Å². The van der Waals surface area contributed by atoms with E-state index >= 15 is 0 Å². The number of carbonyl (C=O) groups is 1. The summed E-state index contributed by atoms with van der Waals surface area (Å²) in [6.45, 7) is 7.96. The maximum Gasteiger partial charge on any atom is 0.416 e. The molecule has 0 bridgehead atoms. The largest absolute Gasteiger partial charge is 0.487 e. The van der Waals surface area contributed by atoms with Gasteiger partial charge in [0, 0.05) is 17.0 Å². The van der Waals surface area contributed by atoms with Gasteiger partial charge in [0.2, 0.25) is 0 Å². The second-order valence-electron chi connectivity index (χ2n) is 10.3. The number of carboxylic acids is 1. The van der Waals surface area contributed by atoms with Crippen molar-refractivity contribution in [3.63, 3.8) is 0 Å². The minimum atomic E-state index is -4.40. The highest BCUT2D eigenvalue weighted by Gasteiger charge is 2.34. The fraction of sp³-hybridized carbons (Fsp3) is 0.464. The molecule has 2 aromatic carbocycles. The summed E-state index contributed by atoms with van der Waals surface area (Å²) in [5.41, 5.74) is 2.67. The third-order valence-corrected chi connectivity index (χ3v) is 6.66. The number of rotatable bonds is 6. The Labute approximate surface area is 203 Å². The van der Waals surface area contributed by atoms with Gasteiger partial charge in [-0.05, 0) is 81.8 Å².